The Morgan fingerprint density at radius 2 is 1.74 bits per heavy atom. The van der Waals surface area contributed by atoms with E-state index in [1.807, 2.05) is 45.2 Å². The van der Waals surface area contributed by atoms with Crippen LogP contribution in [-0.4, -0.2) is 51.2 Å². The van der Waals surface area contributed by atoms with Crippen LogP contribution in [0.1, 0.15) is 10.4 Å². The first kappa shape index (κ1) is 16.5. The summed E-state index contributed by atoms with van der Waals surface area (Å²) in [6.07, 6.45) is 1.53. The Morgan fingerprint density at radius 1 is 1.09 bits per heavy atom. The first-order chi connectivity index (χ1) is 10.9. The number of aromatic nitrogens is 2. The molecule has 0 saturated heterocycles. The minimum atomic E-state index is -0.216. The zero-order valence-corrected chi connectivity index (χ0v) is 14.0. The number of anilines is 3. The molecule has 1 heterocycles. The van der Waals surface area contributed by atoms with E-state index in [1.165, 1.54) is 13.3 Å². The van der Waals surface area contributed by atoms with Crippen LogP contribution in [0.15, 0.2) is 30.5 Å². The number of amides is 1. The van der Waals surface area contributed by atoms with Crippen molar-refractivity contribution in [2.75, 3.05) is 50.4 Å². The number of carbonyl (C=O) groups excluding carboxylic acids is 1. The van der Waals surface area contributed by atoms with Crippen molar-refractivity contribution >= 4 is 23.1 Å². The van der Waals surface area contributed by atoms with E-state index < -0.39 is 0 Å². The van der Waals surface area contributed by atoms with E-state index in [9.17, 15) is 4.79 Å². The number of benzene rings is 1. The lowest BCUT2D eigenvalue weighted by Crippen LogP contribution is -2.18. The van der Waals surface area contributed by atoms with Crippen LogP contribution in [0.2, 0.25) is 0 Å². The molecule has 0 aliphatic carbocycles. The highest BCUT2D eigenvalue weighted by atomic mass is 16.5. The predicted octanol–water partition coefficient (Wildman–Crippen LogP) is 1.87. The summed E-state index contributed by atoms with van der Waals surface area (Å²) in [5.74, 6) is 0.363. The van der Waals surface area contributed by atoms with Crippen molar-refractivity contribution in [3.8, 4) is 6.01 Å². The van der Waals surface area contributed by atoms with Crippen LogP contribution in [0.5, 0.6) is 6.01 Å². The van der Waals surface area contributed by atoms with Gasteiger partial charge < -0.3 is 19.9 Å². The first-order valence-corrected chi connectivity index (χ1v) is 7.09. The van der Waals surface area contributed by atoms with Crippen LogP contribution in [0.3, 0.4) is 0 Å². The maximum absolute atomic E-state index is 12.4. The summed E-state index contributed by atoms with van der Waals surface area (Å²) in [5, 5.41) is 2.83. The van der Waals surface area contributed by atoms with Gasteiger partial charge in [0.2, 0.25) is 0 Å². The Balaban J connectivity index is 2.22. The van der Waals surface area contributed by atoms with Gasteiger partial charge in [0.25, 0.3) is 5.91 Å². The fourth-order valence-electron chi connectivity index (χ4n) is 1.99. The van der Waals surface area contributed by atoms with Crippen molar-refractivity contribution < 1.29 is 9.53 Å². The van der Waals surface area contributed by atoms with Crippen LogP contribution in [0.25, 0.3) is 0 Å². The second-order valence-electron chi connectivity index (χ2n) is 5.38. The normalized spacial score (nSPS) is 10.1. The highest BCUT2D eigenvalue weighted by molar-refractivity contribution is 6.05. The molecule has 23 heavy (non-hydrogen) atoms. The molecule has 1 N–H and O–H groups in total. The molecule has 0 aliphatic heterocycles. The third-order valence-corrected chi connectivity index (χ3v) is 3.25. The largest absolute Gasteiger partial charge is 0.467 e. The van der Waals surface area contributed by atoms with Crippen LogP contribution in [0, 0.1) is 0 Å². The van der Waals surface area contributed by atoms with Gasteiger partial charge in [-0.05, 0) is 24.3 Å². The maximum atomic E-state index is 12.4. The number of methoxy groups -OCH3 is 1. The van der Waals surface area contributed by atoms with Crippen LogP contribution >= 0.6 is 0 Å². The van der Waals surface area contributed by atoms with Gasteiger partial charge in [-0.3, -0.25) is 4.79 Å². The Morgan fingerprint density at radius 3 is 2.26 bits per heavy atom. The molecule has 0 fully saturated rings. The Kier molecular flexibility index (Phi) is 5.00. The summed E-state index contributed by atoms with van der Waals surface area (Å²) in [6.45, 7) is 0. The fraction of sp³-hybridized carbons (Fsp3) is 0.312. The molecule has 1 amide bonds. The third-order valence-electron chi connectivity index (χ3n) is 3.25. The fourth-order valence-corrected chi connectivity index (χ4v) is 1.99. The summed E-state index contributed by atoms with van der Waals surface area (Å²) < 4.78 is 5.02. The molecule has 1 aromatic carbocycles. The van der Waals surface area contributed by atoms with E-state index in [4.69, 9.17) is 4.74 Å². The quantitative estimate of drug-likeness (QED) is 0.908. The van der Waals surface area contributed by atoms with Crippen molar-refractivity contribution in [1.82, 2.24) is 9.97 Å². The molecule has 1 aromatic heterocycles. The minimum absolute atomic E-state index is 0.216. The summed E-state index contributed by atoms with van der Waals surface area (Å²) in [5.41, 5.74) is 2.12. The second-order valence-corrected chi connectivity index (χ2v) is 5.38. The number of nitrogens with zero attached hydrogens (tertiary/aromatic N) is 4. The molecule has 7 nitrogen and oxygen atoms in total. The molecule has 0 unspecified atom stereocenters. The van der Waals surface area contributed by atoms with E-state index in [0.29, 0.717) is 17.1 Å². The summed E-state index contributed by atoms with van der Waals surface area (Å²) in [6, 6.07) is 7.61. The molecule has 0 spiro atoms. The van der Waals surface area contributed by atoms with Gasteiger partial charge in [-0.15, -0.1) is 0 Å². The van der Waals surface area contributed by atoms with Crippen molar-refractivity contribution in [1.29, 1.82) is 0 Å². The molecule has 0 aliphatic rings. The summed E-state index contributed by atoms with van der Waals surface area (Å²) >= 11 is 0. The number of ether oxygens (including phenoxy) is 1. The van der Waals surface area contributed by atoms with Crippen molar-refractivity contribution in [3.05, 3.63) is 36.0 Å². The van der Waals surface area contributed by atoms with Gasteiger partial charge in [-0.25, -0.2) is 4.98 Å². The highest BCUT2D eigenvalue weighted by Gasteiger charge is 2.14. The zero-order chi connectivity index (χ0) is 17.0. The van der Waals surface area contributed by atoms with Crippen molar-refractivity contribution in [3.63, 3.8) is 0 Å². The van der Waals surface area contributed by atoms with Crippen molar-refractivity contribution in [2.45, 2.75) is 0 Å². The molecule has 122 valence electrons. The van der Waals surface area contributed by atoms with Gasteiger partial charge in [0.1, 0.15) is 5.69 Å². The van der Waals surface area contributed by atoms with Gasteiger partial charge in [-0.2, -0.15) is 4.98 Å². The monoisotopic (exact) mass is 315 g/mol. The molecule has 7 heteroatoms. The third kappa shape index (κ3) is 3.88. The van der Waals surface area contributed by atoms with Gasteiger partial charge >= 0.3 is 6.01 Å². The second kappa shape index (κ2) is 6.95. The first-order valence-electron chi connectivity index (χ1n) is 7.09. The number of rotatable bonds is 5. The van der Waals surface area contributed by atoms with Crippen LogP contribution in [0.4, 0.5) is 17.2 Å². The van der Waals surface area contributed by atoms with E-state index in [0.717, 1.165) is 5.69 Å². The number of carbonyl (C=O) groups is 1. The lowest BCUT2D eigenvalue weighted by Gasteiger charge is -2.17. The smallest absolute Gasteiger partial charge is 0.318 e. The summed E-state index contributed by atoms with van der Waals surface area (Å²) in [4.78, 5) is 24.4. The zero-order valence-electron chi connectivity index (χ0n) is 14.0. The average Bonchev–Trinajstić information content (AvgIpc) is 2.55. The van der Waals surface area contributed by atoms with Gasteiger partial charge in [0.05, 0.1) is 13.3 Å². The van der Waals surface area contributed by atoms with Crippen LogP contribution in [-0.2, 0) is 0 Å². The molecule has 0 atom stereocenters. The van der Waals surface area contributed by atoms with Gasteiger partial charge in [0, 0.05) is 39.4 Å². The molecular formula is C16H21N5O2. The molecule has 0 saturated carbocycles. The molecule has 2 aromatic rings. The Bertz CT molecular complexity index is 683. The highest BCUT2D eigenvalue weighted by Crippen LogP contribution is 2.23. The lowest BCUT2D eigenvalue weighted by atomic mass is 10.2. The van der Waals surface area contributed by atoms with Crippen LogP contribution < -0.4 is 19.9 Å². The summed E-state index contributed by atoms with van der Waals surface area (Å²) in [7, 11) is 9.08. The van der Waals surface area contributed by atoms with Gasteiger partial charge in [-0.1, -0.05) is 0 Å². The van der Waals surface area contributed by atoms with E-state index in [1.54, 1.807) is 17.0 Å². The molecule has 0 radical (unpaired) electrons. The predicted molar refractivity (Wildman–Crippen MR) is 91.6 cm³/mol. The SMILES string of the molecule is COc1ncc(NC(=O)c2ccc(N(C)C)cc2)c(N(C)C)n1. The number of nitrogens with one attached hydrogen (secondary N) is 1. The minimum Gasteiger partial charge on any atom is -0.467 e. The molecular weight excluding hydrogens is 294 g/mol. The maximum Gasteiger partial charge on any atom is 0.318 e. The average molecular weight is 315 g/mol. The standard InChI is InChI=1S/C16H21N5O2/c1-20(2)12-8-6-11(7-9-12)15(22)18-13-10-17-16(23-5)19-14(13)21(3)4/h6-10H,1-5H3,(H,18,22). The van der Waals surface area contributed by atoms with E-state index >= 15 is 0 Å². The lowest BCUT2D eigenvalue weighted by molar-refractivity contribution is 0.102. The molecule has 2 rings (SSSR count). The van der Waals surface area contributed by atoms with E-state index in [2.05, 4.69) is 15.3 Å². The van der Waals surface area contributed by atoms with E-state index in [-0.39, 0.29) is 11.9 Å². The number of hydrogen-bond donors (Lipinski definition) is 1. The number of hydrogen-bond acceptors (Lipinski definition) is 6. The van der Waals surface area contributed by atoms with Crippen molar-refractivity contribution in [2.24, 2.45) is 0 Å². The molecule has 0 bridgehead atoms. The topological polar surface area (TPSA) is 70.6 Å². The Labute approximate surface area is 135 Å². The van der Waals surface area contributed by atoms with Gasteiger partial charge in [0.15, 0.2) is 5.82 Å². The Hall–Kier alpha value is -2.83.